The third-order valence-corrected chi connectivity index (χ3v) is 2.65. The maximum atomic E-state index is 10.9. The monoisotopic (exact) mass is 218 g/mol. The molecule has 0 heterocycles. The first-order valence-corrected chi connectivity index (χ1v) is 5.42. The van der Waals surface area contributed by atoms with Crippen molar-refractivity contribution >= 4 is 12.4 Å². The van der Waals surface area contributed by atoms with Crippen LogP contribution in [0.2, 0.25) is 0 Å². The van der Waals surface area contributed by atoms with E-state index in [0.29, 0.717) is 5.75 Å². The van der Waals surface area contributed by atoms with Gasteiger partial charge in [0.15, 0.2) is 0 Å². The van der Waals surface area contributed by atoms with Crippen LogP contribution < -0.4 is 0 Å². The normalized spacial score (nSPS) is 11.9. The summed E-state index contributed by atoms with van der Waals surface area (Å²) in [6.07, 6.45) is 2.76. The summed E-state index contributed by atoms with van der Waals surface area (Å²) < 4.78 is 0. The minimum atomic E-state index is 0.215. The van der Waals surface area contributed by atoms with Crippen LogP contribution in [0, 0.1) is 19.8 Å². The molecule has 0 unspecified atom stereocenters. The topological polar surface area (TPSA) is 37.3 Å². The number of carbonyl (C=O) groups is 1. The zero-order valence-corrected chi connectivity index (χ0v) is 10.2. The lowest BCUT2D eigenvalue weighted by atomic mass is 9.99. The molecule has 2 nitrogen and oxygen atoms in total. The number of phenols is 1. The van der Waals surface area contributed by atoms with Gasteiger partial charge in [0.05, 0.1) is 0 Å². The van der Waals surface area contributed by atoms with Gasteiger partial charge in [-0.3, -0.25) is 4.79 Å². The van der Waals surface area contributed by atoms with Crippen LogP contribution in [0.25, 0.3) is 6.08 Å². The van der Waals surface area contributed by atoms with Crippen LogP contribution >= 0.6 is 0 Å². The van der Waals surface area contributed by atoms with E-state index < -0.39 is 0 Å². The van der Waals surface area contributed by atoms with E-state index in [2.05, 4.69) is 0 Å². The van der Waals surface area contributed by atoms with Gasteiger partial charge in [0.25, 0.3) is 0 Å². The smallest absolute Gasteiger partial charge is 0.146 e. The highest BCUT2D eigenvalue weighted by molar-refractivity contribution is 5.82. The highest BCUT2D eigenvalue weighted by Crippen LogP contribution is 2.24. The van der Waals surface area contributed by atoms with E-state index in [1.807, 2.05) is 45.9 Å². The van der Waals surface area contributed by atoms with Gasteiger partial charge in [0.1, 0.15) is 12.0 Å². The number of aldehydes is 1. The Hall–Kier alpha value is -1.57. The largest absolute Gasteiger partial charge is 0.507 e. The highest BCUT2D eigenvalue weighted by Gasteiger charge is 2.05. The molecule has 0 spiro atoms. The molecule has 0 aliphatic heterocycles. The van der Waals surface area contributed by atoms with Gasteiger partial charge in [0, 0.05) is 0 Å². The molecule has 0 aliphatic rings. The van der Waals surface area contributed by atoms with Crippen molar-refractivity contribution in [3.63, 3.8) is 0 Å². The van der Waals surface area contributed by atoms with Crippen LogP contribution in [0.3, 0.4) is 0 Å². The predicted octanol–water partition coefficient (Wildman–Crippen LogP) is 3.25. The maximum absolute atomic E-state index is 10.9. The van der Waals surface area contributed by atoms with Gasteiger partial charge < -0.3 is 5.11 Å². The van der Waals surface area contributed by atoms with Gasteiger partial charge >= 0.3 is 0 Å². The van der Waals surface area contributed by atoms with Gasteiger partial charge in [-0.2, -0.15) is 0 Å². The van der Waals surface area contributed by atoms with Crippen LogP contribution in [0.1, 0.15) is 30.5 Å². The average Bonchev–Trinajstić information content (AvgIpc) is 2.21. The van der Waals surface area contributed by atoms with E-state index in [0.717, 1.165) is 28.5 Å². The Labute approximate surface area is 96.6 Å². The van der Waals surface area contributed by atoms with Crippen LogP contribution in [0.15, 0.2) is 17.7 Å². The summed E-state index contributed by atoms with van der Waals surface area (Å²) in [6, 6.07) is 3.77. The third-order valence-electron chi connectivity index (χ3n) is 2.65. The zero-order chi connectivity index (χ0) is 12.3. The number of carbonyl (C=O) groups excluding carboxylic acids is 1. The lowest BCUT2D eigenvalue weighted by Gasteiger charge is -2.07. The number of rotatable bonds is 3. The van der Waals surface area contributed by atoms with E-state index in [1.54, 1.807) is 0 Å². The Balaban J connectivity index is 3.20. The van der Waals surface area contributed by atoms with Crippen LogP contribution in [-0.4, -0.2) is 11.4 Å². The quantitative estimate of drug-likeness (QED) is 0.624. The molecule has 0 aromatic heterocycles. The lowest BCUT2D eigenvalue weighted by Crippen LogP contribution is -1.95. The Morgan fingerprint density at radius 3 is 2.12 bits per heavy atom. The number of hydrogen-bond donors (Lipinski definition) is 1. The van der Waals surface area contributed by atoms with Crippen molar-refractivity contribution in [1.29, 1.82) is 0 Å². The maximum Gasteiger partial charge on any atom is 0.146 e. The first kappa shape index (κ1) is 12.5. The van der Waals surface area contributed by atoms with Crippen molar-refractivity contribution < 1.29 is 9.90 Å². The van der Waals surface area contributed by atoms with E-state index in [4.69, 9.17) is 0 Å². The van der Waals surface area contributed by atoms with Gasteiger partial charge in [-0.05, 0) is 60.2 Å². The Bertz CT molecular complexity index is 405. The number of allylic oxidation sites excluding steroid dienone is 1. The molecular formula is C14H18O2. The average molecular weight is 218 g/mol. The third kappa shape index (κ3) is 2.72. The lowest BCUT2D eigenvalue weighted by molar-refractivity contribution is -0.105. The van der Waals surface area contributed by atoms with E-state index in [-0.39, 0.29) is 5.92 Å². The minimum Gasteiger partial charge on any atom is -0.507 e. The molecule has 0 bridgehead atoms. The molecule has 1 N–H and O–H groups in total. The molecule has 1 aromatic carbocycles. The summed E-state index contributed by atoms with van der Waals surface area (Å²) in [4.78, 5) is 10.9. The number of benzene rings is 1. The Kier molecular flexibility index (Phi) is 3.88. The molecule has 16 heavy (non-hydrogen) atoms. The fourth-order valence-electron chi connectivity index (χ4n) is 1.60. The van der Waals surface area contributed by atoms with Crippen molar-refractivity contribution in [2.45, 2.75) is 27.7 Å². The van der Waals surface area contributed by atoms with Gasteiger partial charge in [-0.1, -0.05) is 13.8 Å². The van der Waals surface area contributed by atoms with Gasteiger partial charge in [-0.15, -0.1) is 0 Å². The molecule has 1 aromatic rings. The molecule has 0 saturated heterocycles. The summed E-state index contributed by atoms with van der Waals surface area (Å²) in [7, 11) is 0. The molecule has 0 atom stereocenters. The van der Waals surface area contributed by atoms with Crippen molar-refractivity contribution in [1.82, 2.24) is 0 Å². The summed E-state index contributed by atoms with van der Waals surface area (Å²) in [5, 5.41) is 9.64. The summed E-state index contributed by atoms with van der Waals surface area (Å²) in [5.74, 6) is 0.543. The highest BCUT2D eigenvalue weighted by atomic mass is 16.3. The van der Waals surface area contributed by atoms with Crippen molar-refractivity contribution in [2.24, 2.45) is 5.92 Å². The standard InChI is InChI=1S/C14H18O2/c1-9(2)13(8-15)7-12-5-10(3)14(16)11(4)6-12/h5-9,16H,1-4H3. The SMILES string of the molecule is Cc1cc(C=C(C=O)C(C)C)cc(C)c1O. The predicted molar refractivity (Wildman–Crippen MR) is 66.5 cm³/mol. The van der Waals surface area contributed by atoms with E-state index in [1.165, 1.54) is 0 Å². The first-order valence-electron chi connectivity index (χ1n) is 5.42. The van der Waals surface area contributed by atoms with Crippen LogP contribution in [-0.2, 0) is 4.79 Å². The van der Waals surface area contributed by atoms with Gasteiger partial charge in [0.2, 0.25) is 0 Å². The molecule has 1 rings (SSSR count). The summed E-state index contributed by atoms with van der Waals surface area (Å²) >= 11 is 0. The van der Waals surface area contributed by atoms with Crippen LogP contribution in [0.4, 0.5) is 0 Å². The molecule has 0 fully saturated rings. The molecule has 0 aliphatic carbocycles. The molecular weight excluding hydrogens is 200 g/mol. The number of phenolic OH excluding ortho intramolecular Hbond substituents is 1. The second-order valence-corrected chi connectivity index (χ2v) is 4.42. The second kappa shape index (κ2) is 4.97. The minimum absolute atomic E-state index is 0.215. The molecule has 0 radical (unpaired) electrons. The summed E-state index contributed by atoms with van der Waals surface area (Å²) in [5.41, 5.74) is 3.40. The van der Waals surface area contributed by atoms with Crippen molar-refractivity contribution in [2.75, 3.05) is 0 Å². The molecule has 0 amide bonds. The summed E-state index contributed by atoms with van der Waals surface area (Å²) in [6.45, 7) is 7.69. The fraction of sp³-hybridized carbons (Fsp3) is 0.357. The van der Waals surface area contributed by atoms with Crippen LogP contribution in [0.5, 0.6) is 5.75 Å². The molecule has 0 saturated carbocycles. The number of aryl methyl sites for hydroxylation is 2. The van der Waals surface area contributed by atoms with E-state index in [9.17, 15) is 9.90 Å². The first-order chi connectivity index (χ1) is 7.45. The van der Waals surface area contributed by atoms with Crippen molar-refractivity contribution in [3.05, 3.63) is 34.4 Å². The number of aromatic hydroxyl groups is 1. The Morgan fingerprint density at radius 1 is 1.25 bits per heavy atom. The second-order valence-electron chi connectivity index (χ2n) is 4.42. The van der Waals surface area contributed by atoms with Gasteiger partial charge in [-0.25, -0.2) is 0 Å². The molecule has 86 valence electrons. The zero-order valence-electron chi connectivity index (χ0n) is 10.2. The number of hydrogen-bond acceptors (Lipinski definition) is 2. The van der Waals surface area contributed by atoms with E-state index >= 15 is 0 Å². The Morgan fingerprint density at radius 2 is 1.75 bits per heavy atom. The fourth-order valence-corrected chi connectivity index (χ4v) is 1.60. The van der Waals surface area contributed by atoms with Crippen molar-refractivity contribution in [3.8, 4) is 5.75 Å². The molecule has 2 heteroatoms.